The van der Waals surface area contributed by atoms with Gasteiger partial charge < -0.3 is 0 Å². The summed E-state index contributed by atoms with van der Waals surface area (Å²) < 4.78 is 13.0. The first kappa shape index (κ1) is 16.6. The maximum atomic E-state index is 13.0. The second kappa shape index (κ2) is 7.11. The molecule has 1 heterocycles. The minimum atomic E-state index is -0.289. The number of aryl methyl sites for hydroxylation is 1. The number of benzene rings is 2. The molecule has 1 N–H and O–H groups in total. The number of carbonyl (C=O) groups excluding carboxylic acids is 1. The highest BCUT2D eigenvalue weighted by atomic mass is 35.5. The van der Waals surface area contributed by atoms with E-state index in [0.29, 0.717) is 22.1 Å². The Labute approximate surface area is 148 Å². The Balaban J connectivity index is 1.75. The van der Waals surface area contributed by atoms with Crippen LogP contribution in [0.1, 0.15) is 26.5 Å². The predicted molar refractivity (Wildman–Crippen MR) is 95.5 cm³/mol. The zero-order valence-corrected chi connectivity index (χ0v) is 14.4. The lowest BCUT2D eigenvalue weighted by Gasteiger charge is -2.03. The van der Waals surface area contributed by atoms with E-state index < -0.39 is 0 Å². The number of nitrogens with zero attached hydrogens (tertiary/aromatic N) is 1. The van der Waals surface area contributed by atoms with Crippen LogP contribution in [0.25, 0.3) is 0 Å². The minimum Gasteiger partial charge on any atom is -0.298 e. The van der Waals surface area contributed by atoms with Gasteiger partial charge in [-0.3, -0.25) is 10.1 Å². The second-order valence-electron chi connectivity index (χ2n) is 5.26. The molecule has 0 aliphatic rings. The molecule has 1 amide bonds. The summed E-state index contributed by atoms with van der Waals surface area (Å²) >= 11 is 7.44. The van der Waals surface area contributed by atoms with Crippen LogP contribution < -0.4 is 5.32 Å². The third-order valence-corrected chi connectivity index (χ3v) is 4.91. The summed E-state index contributed by atoms with van der Waals surface area (Å²) in [6.45, 7) is 1.89. The molecule has 24 heavy (non-hydrogen) atoms. The zero-order chi connectivity index (χ0) is 17.1. The number of anilines is 1. The molecule has 0 saturated carbocycles. The molecule has 1 aromatic heterocycles. The van der Waals surface area contributed by atoms with Crippen molar-refractivity contribution >= 4 is 34.0 Å². The van der Waals surface area contributed by atoms with E-state index in [0.717, 1.165) is 16.1 Å². The average Bonchev–Trinajstić information content (AvgIpc) is 2.89. The van der Waals surface area contributed by atoms with Crippen molar-refractivity contribution in [1.29, 1.82) is 0 Å². The van der Waals surface area contributed by atoms with E-state index in [2.05, 4.69) is 10.3 Å². The molecule has 0 aliphatic heterocycles. The molecule has 122 valence electrons. The normalized spacial score (nSPS) is 10.6. The standard InChI is InChI=1S/C18H14ClFN2OS/c1-11-16(10-12-6-8-13(20)9-7-12)24-18(21-11)22-17(23)14-4-2-3-5-15(14)19/h2-9H,10H2,1H3,(H,21,22,23). The highest BCUT2D eigenvalue weighted by Gasteiger charge is 2.14. The summed E-state index contributed by atoms with van der Waals surface area (Å²) in [6, 6.07) is 13.2. The molecule has 6 heteroatoms. The molecule has 0 spiro atoms. The molecule has 0 saturated heterocycles. The van der Waals surface area contributed by atoms with Crippen molar-refractivity contribution in [2.75, 3.05) is 5.32 Å². The number of amides is 1. The monoisotopic (exact) mass is 360 g/mol. The Morgan fingerprint density at radius 3 is 2.62 bits per heavy atom. The topological polar surface area (TPSA) is 42.0 Å². The summed E-state index contributed by atoms with van der Waals surface area (Å²) in [7, 11) is 0. The molecule has 0 bridgehead atoms. The van der Waals surface area contributed by atoms with E-state index in [1.807, 2.05) is 6.92 Å². The number of hydrogen-bond acceptors (Lipinski definition) is 3. The molecule has 0 aliphatic carbocycles. The SMILES string of the molecule is Cc1nc(NC(=O)c2ccccc2Cl)sc1Cc1ccc(F)cc1. The van der Waals surface area contributed by atoms with Crippen LogP contribution in [0.15, 0.2) is 48.5 Å². The molecule has 0 atom stereocenters. The van der Waals surface area contributed by atoms with Crippen LogP contribution in [0.2, 0.25) is 5.02 Å². The molecule has 3 rings (SSSR count). The lowest BCUT2D eigenvalue weighted by atomic mass is 10.1. The third kappa shape index (κ3) is 3.80. The summed E-state index contributed by atoms with van der Waals surface area (Å²) in [4.78, 5) is 17.7. The number of nitrogens with one attached hydrogen (secondary N) is 1. The van der Waals surface area contributed by atoms with Crippen LogP contribution in [-0.2, 0) is 6.42 Å². The number of halogens is 2. The van der Waals surface area contributed by atoms with Crippen molar-refractivity contribution in [1.82, 2.24) is 4.98 Å². The summed E-state index contributed by atoms with van der Waals surface area (Å²) in [5, 5.41) is 3.70. The quantitative estimate of drug-likeness (QED) is 0.704. The Kier molecular flexibility index (Phi) is 4.92. The van der Waals surface area contributed by atoms with Gasteiger partial charge in [0.05, 0.1) is 16.3 Å². The van der Waals surface area contributed by atoms with Crippen molar-refractivity contribution < 1.29 is 9.18 Å². The fourth-order valence-corrected chi connectivity index (χ4v) is 3.46. The molecule has 0 unspecified atom stereocenters. The van der Waals surface area contributed by atoms with Gasteiger partial charge in [0.2, 0.25) is 0 Å². The third-order valence-electron chi connectivity index (χ3n) is 3.51. The molecule has 3 nitrogen and oxygen atoms in total. The largest absolute Gasteiger partial charge is 0.298 e. The minimum absolute atomic E-state index is 0.257. The van der Waals surface area contributed by atoms with Gasteiger partial charge >= 0.3 is 0 Å². The molecule has 3 aromatic rings. The van der Waals surface area contributed by atoms with Crippen molar-refractivity contribution in [2.45, 2.75) is 13.3 Å². The summed E-state index contributed by atoms with van der Waals surface area (Å²) in [5.41, 5.74) is 2.25. The van der Waals surface area contributed by atoms with E-state index in [1.165, 1.54) is 23.5 Å². The number of thiazole rings is 1. The van der Waals surface area contributed by atoms with Crippen LogP contribution in [0.4, 0.5) is 9.52 Å². The second-order valence-corrected chi connectivity index (χ2v) is 6.76. The zero-order valence-electron chi connectivity index (χ0n) is 12.8. The van der Waals surface area contributed by atoms with Crippen LogP contribution in [0, 0.1) is 12.7 Å². The molecular formula is C18H14ClFN2OS. The molecule has 0 radical (unpaired) electrons. The molecular weight excluding hydrogens is 347 g/mol. The van der Waals surface area contributed by atoms with E-state index >= 15 is 0 Å². The van der Waals surface area contributed by atoms with Gasteiger partial charge in [-0.1, -0.05) is 35.9 Å². The van der Waals surface area contributed by atoms with Gasteiger partial charge in [-0.2, -0.15) is 0 Å². The lowest BCUT2D eigenvalue weighted by Crippen LogP contribution is -2.12. The number of aromatic nitrogens is 1. The average molecular weight is 361 g/mol. The Hall–Kier alpha value is -2.24. The maximum Gasteiger partial charge on any atom is 0.258 e. The van der Waals surface area contributed by atoms with Crippen molar-refractivity contribution in [2.24, 2.45) is 0 Å². The Morgan fingerprint density at radius 1 is 1.21 bits per heavy atom. The smallest absolute Gasteiger partial charge is 0.258 e. The first-order valence-corrected chi connectivity index (χ1v) is 8.49. The predicted octanol–water partition coefficient (Wildman–Crippen LogP) is 5.09. The van der Waals surface area contributed by atoms with Gasteiger partial charge in [0.1, 0.15) is 5.82 Å². The highest BCUT2D eigenvalue weighted by Crippen LogP contribution is 2.26. The molecule has 0 fully saturated rings. The van der Waals surface area contributed by atoms with E-state index in [4.69, 9.17) is 11.6 Å². The summed E-state index contributed by atoms with van der Waals surface area (Å²) in [6.07, 6.45) is 0.645. The van der Waals surface area contributed by atoms with E-state index in [9.17, 15) is 9.18 Å². The van der Waals surface area contributed by atoms with Crippen LogP contribution in [0.3, 0.4) is 0 Å². The van der Waals surface area contributed by atoms with Gasteiger partial charge in [0, 0.05) is 11.3 Å². The van der Waals surface area contributed by atoms with Crippen molar-refractivity contribution in [3.05, 3.63) is 81.1 Å². The lowest BCUT2D eigenvalue weighted by molar-refractivity contribution is 0.102. The first-order valence-electron chi connectivity index (χ1n) is 7.29. The van der Waals surface area contributed by atoms with E-state index in [-0.39, 0.29) is 11.7 Å². The number of rotatable bonds is 4. The molecule has 2 aromatic carbocycles. The van der Waals surface area contributed by atoms with Gasteiger partial charge in [0.15, 0.2) is 5.13 Å². The summed E-state index contributed by atoms with van der Waals surface area (Å²) in [5.74, 6) is -0.546. The van der Waals surface area contributed by atoms with Crippen LogP contribution in [-0.4, -0.2) is 10.9 Å². The first-order chi connectivity index (χ1) is 11.5. The van der Waals surface area contributed by atoms with Gasteiger partial charge in [-0.05, 0) is 36.8 Å². The fourth-order valence-electron chi connectivity index (χ4n) is 2.24. The number of carbonyl (C=O) groups is 1. The van der Waals surface area contributed by atoms with Crippen LogP contribution in [0.5, 0.6) is 0 Å². The van der Waals surface area contributed by atoms with E-state index in [1.54, 1.807) is 36.4 Å². The van der Waals surface area contributed by atoms with Crippen LogP contribution >= 0.6 is 22.9 Å². The Bertz CT molecular complexity index is 877. The van der Waals surface area contributed by atoms with Gasteiger partial charge in [-0.25, -0.2) is 9.37 Å². The highest BCUT2D eigenvalue weighted by molar-refractivity contribution is 7.15. The maximum absolute atomic E-state index is 13.0. The van der Waals surface area contributed by atoms with Gasteiger partial charge in [-0.15, -0.1) is 11.3 Å². The number of hydrogen-bond donors (Lipinski definition) is 1. The van der Waals surface area contributed by atoms with Crippen molar-refractivity contribution in [3.63, 3.8) is 0 Å². The Morgan fingerprint density at radius 2 is 1.92 bits per heavy atom. The van der Waals surface area contributed by atoms with Crippen molar-refractivity contribution in [3.8, 4) is 0 Å². The van der Waals surface area contributed by atoms with Gasteiger partial charge in [0.25, 0.3) is 5.91 Å². The fraction of sp³-hybridized carbons (Fsp3) is 0.111.